The molecule has 3 rings (SSSR count). The van der Waals surface area contributed by atoms with Crippen molar-refractivity contribution in [3.63, 3.8) is 0 Å². The molecule has 0 unspecified atom stereocenters. The number of carbonyl (C=O) groups is 1. The van der Waals surface area contributed by atoms with Crippen LogP contribution >= 0.6 is 0 Å². The SMILES string of the molecule is CCOc1ccc(C(C)(C)C)cc1CNC(=O)c1ccccc1N=Nc1c(C(C)(C)C)nn(C)c1N(C)C. The molecule has 0 bridgehead atoms. The van der Waals surface area contributed by atoms with Crippen molar-refractivity contribution >= 4 is 23.1 Å². The van der Waals surface area contributed by atoms with Gasteiger partial charge in [-0.15, -0.1) is 10.2 Å². The van der Waals surface area contributed by atoms with Gasteiger partial charge in [0.2, 0.25) is 0 Å². The molecule has 0 fully saturated rings. The lowest BCUT2D eigenvalue weighted by Gasteiger charge is -2.21. The zero-order valence-electron chi connectivity index (χ0n) is 24.5. The molecule has 8 nitrogen and oxygen atoms in total. The summed E-state index contributed by atoms with van der Waals surface area (Å²) in [5.74, 6) is 1.40. The molecule has 0 saturated carbocycles. The van der Waals surface area contributed by atoms with Crippen molar-refractivity contribution in [1.29, 1.82) is 0 Å². The highest BCUT2D eigenvalue weighted by Crippen LogP contribution is 2.39. The van der Waals surface area contributed by atoms with Gasteiger partial charge in [0.1, 0.15) is 5.75 Å². The van der Waals surface area contributed by atoms with Crippen LogP contribution in [0.4, 0.5) is 17.2 Å². The minimum atomic E-state index is -0.225. The van der Waals surface area contributed by atoms with Gasteiger partial charge >= 0.3 is 0 Å². The largest absolute Gasteiger partial charge is 0.494 e. The predicted octanol–water partition coefficient (Wildman–Crippen LogP) is 6.83. The Morgan fingerprint density at radius 3 is 2.32 bits per heavy atom. The Bertz CT molecular complexity index is 1310. The maximum Gasteiger partial charge on any atom is 0.253 e. The summed E-state index contributed by atoms with van der Waals surface area (Å²) in [6.45, 7) is 15.6. The van der Waals surface area contributed by atoms with Crippen LogP contribution in [-0.2, 0) is 24.4 Å². The number of amides is 1. The van der Waals surface area contributed by atoms with Crippen molar-refractivity contribution in [3.8, 4) is 5.75 Å². The third-order valence-electron chi connectivity index (χ3n) is 6.20. The van der Waals surface area contributed by atoms with Gasteiger partial charge in [-0.25, -0.2) is 0 Å². The molecule has 1 aromatic heterocycles. The fraction of sp³-hybridized carbons (Fsp3) is 0.467. The highest BCUT2D eigenvalue weighted by Gasteiger charge is 2.27. The summed E-state index contributed by atoms with van der Waals surface area (Å²) in [5.41, 5.74) is 4.37. The number of rotatable bonds is 8. The van der Waals surface area contributed by atoms with Crippen LogP contribution in [0.15, 0.2) is 52.7 Å². The summed E-state index contributed by atoms with van der Waals surface area (Å²) in [7, 11) is 5.81. The van der Waals surface area contributed by atoms with E-state index in [4.69, 9.17) is 9.84 Å². The van der Waals surface area contributed by atoms with Crippen LogP contribution in [0.25, 0.3) is 0 Å². The maximum atomic E-state index is 13.3. The molecule has 204 valence electrons. The van der Waals surface area contributed by atoms with Crippen molar-refractivity contribution in [2.24, 2.45) is 17.3 Å². The van der Waals surface area contributed by atoms with E-state index in [1.807, 2.05) is 55.8 Å². The van der Waals surface area contributed by atoms with E-state index in [1.165, 1.54) is 5.56 Å². The standard InChI is InChI=1S/C30H42N6O2/c1-11-38-24-17-16-21(29(2,3)4)18-20(24)19-31-27(37)22-14-12-13-15-23(22)32-33-25-26(30(5,6)7)34-36(10)28(25)35(8)9/h12-18H,11,19H2,1-10H3,(H,31,37). The third kappa shape index (κ3) is 6.60. The van der Waals surface area contributed by atoms with Crippen LogP contribution < -0.4 is 15.0 Å². The lowest BCUT2D eigenvalue weighted by Crippen LogP contribution is -2.23. The van der Waals surface area contributed by atoms with Gasteiger partial charge in [-0.05, 0) is 42.2 Å². The van der Waals surface area contributed by atoms with E-state index in [9.17, 15) is 4.79 Å². The first kappa shape index (κ1) is 28.9. The first-order chi connectivity index (χ1) is 17.7. The molecule has 0 atom stereocenters. The summed E-state index contributed by atoms with van der Waals surface area (Å²) in [6.07, 6.45) is 0. The second-order valence-corrected chi connectivity index (χ2v) is 11.7. The number of hydrogen-bond donors (Lipinski definition) is 1. The highest BCUT2D eigenvalue weighted by molar-refractivity contribution is 5.98. The highest BCUT2D eigenvalue weighted by atomic mass is 16.5. The van der Waals surface area contributed by atoms with Crippen molar-refractivity contribution in [2.75, 3.05) is 25.6 Å². The Hall–Kier alpha value is -3.68. The van der Waals surface area contributed by atoms with E-state index in [0.29, 0.717) is 30.1 Å². The molecule has 0 aliphatic rings. The van der Waals surface area contributed by atoms with Crippen molar-refractivity contribution in [2.45, 2.75) is 65.8 Å². The zero-order valence-corrected chi connectivity index (χ0v) is 24.5. The maximum absolute atomic E-state index is 13.3. The van der Waals surface area contributed by atoms with E-state index >= 15 is 0 Å². The molecular weight excluding hydrogens is 476 g/mol. The molecule has 0 radical (unpaired) electrons. The van der Waals surface area contributed by atoms with Crippen molar-refractivity contribution < 1.29 is 9.53 Å². The minimum Gasteiger partial charge on any atom is -0.494 e. The molecule has 0 spiro atoms. The summed E-state index contributed by atoms with van der Waals surface area (Å²) in [6, 6.07) is 13.4. The van der Waals surface area contributed by atoms with Gasteiger partial charge in [0.05, 0.1) is 23.6 Å². The molecule has 1 N–H and O–H groups in total. The summed E-state index contributed by atoms with van der Waals surface area (Å²) in [5, 5.41) is 16.9. The predicted molar refractivity (Wildman–Crippen MR) is 154 cm³/mol. The number of aryl methyl sites for hydroxylation is 1. The molecule has 3 aromatic rings. The zero-order chi connectivity index (χ0) is 28.3. The van der Waals surface area contributed by atoms with Gasteiger partial charge in [-0.3, -0.25) is 9.48 Å². The molecule has 38 heavy (non-hydrogen) atoms. The number of nitrogens with one attached hydrogen (secondary N) is 1. The van der Waals surface area contributed by atoms with E-state index in [-0.39, 0.29) is 16.7 Å². The van der Waals surface area contributed by atoms with Crippen molar-refractivity contribution in [1.82, 2.24) is 15.1 Å². The average molecular weight is 519 g/mol. The third-order valence-corrected chi connectivity index (χ3v) is 6.20. The Morgan fingerprint density at radius 1 is 1.03 bits per heavy atom. The number of azo groups is 1. The van der Waals surface area contributed by atoms with Gasteiger partial charge in [-0.1, -0.05) is 59.7 Å². The number of hydrogen-bond acceptors (Lipinski definition) is 6. The van der Waals surface area contributed by atoms with Crippen LogP contribution in [-0.4, -0.2) is 36.4 Å². The number of aromatic nitrogens is 2. The number of carbonyl (C=O) groups excluding carboxylic acids is 1. The Balaban J connectivity index is 1.92. The number of benzene rings is 2. The topological polar surface area (TPSA) is 84.1 Å². The summed E-state index contributed by atoms with van der Waals surface area (Å²) < 4.78 is 7.64. The minimum absolute atomic E-state index is 0.0138. The number of nitrogens with zero attached hydrogens (tertiary/aromatic N) is 5. The second kappa shape index (κ2) is 11.4. The number of anilines is 1. The fourth-order valence-corrected chi connectivity index (χ4v) is 4.21. The van der Waals surface area contributed by atoms with Gasteiger partial charge < -0.3 is 15.0 Å². The number of ether oxygens (including phenoxy) is 1. The van der Waals surface area contributed by atoms with Crippen molar-refractivity contribution in [3.05, 3.63) is 64.8 Å². The average Bonchev–Trinajstić information content (AvgIpc) is 3.18. The first-order valence-corrected chi connectivity index (χ1v) is 13.0. The fourth-order valence-electron chi connectivity index (χ4n) is 4.21. The molecule has 0 aliphatic carbocycles. The normalized spacial score (nSPS) is 12.2. The summed E-state index contributed by atoms with van der Waals surface area (Å²) in [4.78, 5) is 15.3. The summed E-state index contributed by atoms with van der Waals surface area (Å²) >= 11 is 0. The van der Waals surface area contributed by atoms with E-state index < -0.39 is 0 Å². The quantitative estimate of drug-likeness (QED) is 0.331. The van der Waals surface area contributed by atoms with E-state index in [2.05, 4.69) is 69.2 Å². The first-order valence-electron chi connectivity index (χ1n) is 13.0. The molecule has 0 saturated heterocycles. The van der Waals surface area contributed by atoms with Gasteiger partial charge in [0.25, 0.3) is 5.91 Å². The Morgan fingerprint density at radius 2 is 1.71 bits per heavy atom. The molecule has 2 aromatic carbocycles. The van der Waals surface area contributed by atoms with Crippen LogP contribution in [0.2, 0.25) is 0 Å². The van der Waals surface area contributed by atoms with Crippen LogP contribution in [0, 0.1) is 0 Å². The van der Waals surface area contributed by atoms with Gasteiger partial charge in [-0.2, -0.15) is 5.10 Å². The lowest BCUT2D eigenvalue weighted by atomic mass is 9.86. The lowest BCUT2D eigenvalue weighted by molar-refractivity contribution is 0.0951. The van der Waals surface area contributed by atoms with Gasteiger partial charge in [0, 0.05) is 38.7 Å². The van der Waals surface area contributed by atoms with E-state index in [0.717, 1.165) is 22.8 Å². The van der Waals surface area contributed by atoms with Crippen LogP contribution in [0.3, 0.4) is 0 Å². The smallest absolute Gasteiger partial charge is 0.253 e. The molecule has 8 heteroatoms. The Labute approximate surface area is 227 Å². The van der Waals surface area contributed by atoms with Crippen LogP contribution in [0.1, 0.15) is 75.6 Å². The Kier molecular flexibility index (Phi) is 8.65. The monoisotopic (exact) mass is 518 g/mol. The molecule has 1 heterocycles. The van der Waals surface area contributed by atoms with Gasteiger partial charge in [0.15, 0.2) is 11.5 Å². The molecule has 0 aliphatic heterocycles. The van der Waals surface area contributed by atoms with E-state index in [1.54, 1.807) is 12.1 Å². The molecule has 1 amide bonds. The second-order valence-electron chi connectivity index (χ2n) is 11.7. The van der Waals surface area contributed by atoms with Crippen LogP contribution in [0.5, 0.6) is 5.75 Å². The molecular formula is C30H42N6O2.